The number of ketones is 1. The summed E-state index contributed by atoms with van der Waals surface area (Å²) in [6.45, 7) is 10.4. The Kier molecular flexibility index (Phi) is 3.54. The monoisotopic (exact) mass is 206 g/mol. The van der Waals surface area contributed by atoms with Crippen molar-refractivity contribution in [3.63, 3.8) is 0 Å². The minimum atomic E-state index is -0.153. The van der Waals surface area contributed by atoms with Crippen molar-refractivity contribution in [1.29, 1.82) is 0 Å². The molecule has 0 radical (unpaired) electrons. The number of rotatable bonds is 2. The summed E-state index contributed by atoms with van der Waals surface area (Å²) in [7, 11) is 0. The molecule has 1 rings (SSSR count). The predicted molar refractivity (Wildman–Crippen MR) is 64.8 cm³/mol. The molecule has 0 saturated heterocycles. The predicted octanol–water partition coefficient (Wildman–Crippen LogP) is 4.05. The lowest BCUT2D eigenvalue weighted by atomic mass is 9.71. The highest BCUT2D eigenvalue weighted by Crippen LogP contribution is 2.38. The molecule has 0 saturated carbocycles. The molecule has 0 unspecified atom stereocenters. The van der Waals surface area contributed by atoms with Crippen LogP contribution in [0.25, 0.3) is 0 Å². The van der Waals surface area contributed by atoms with Crippen molar-refractivity contribution in [2.45, 2.75) is 53.9 Å². The Morgan fingerprint density at radius 2 is 2.00 bits per heavy atom. The molecule has 0 aliphatic heterocycles. The van der Waals surface area contributed by atoms with Gasteiger partial charge in [0.1, 0.15) is 0 Å². The van der Waals surface area contributed by atoms with E-state index in [1.807, 2.05) is 6.92 Å². The normalized spacial score (nSPS) is 26.2. The van der Waals surface area contributed by atoms with E-state index < -0.39 is 0 Å². The Balaban J connectivity index is 2.90. The molecule has 84 valence electrons. The van der Waals surface area contributed by atoms with Crippen molar-refractivity contribution in [3.8, 4) is 0 Å². The summed E-state index contributed by atoms with van der Waals surface area (Å²) in [6, 6.07) is 0. The molecule has 0 amide bonds. The fourth-order valence-corrected chi connectivity index (χ4v) is 2.22. The summed E-state index contributed by atoms with van der Waals surface area (Å²) < 4.78 is 0. The zero-order valence-electron chi connectivity index (χ0n) is 10.6. The Labute approximate surface area is 93.3 Å². The third-order valence-electron chi connectivity index (χ3n) is 3.56. The van der Waals surface area contributed by atoms with Crippen LogP contribution in [0, 0.1) is 5.41 Å². The first-order chi connectivity index (χ1) is 6.87. The minimum Gasteiger partial charge on any atom is -0.294 e. The van der Waals surface area contributed by atoms with Gasteiger partial charge in [-0.15, -0.1) is 0 Å². The third kappa shape index (κ3) is 2.58. The van der Waals surface area contributed by atoms with Crippen LogP contribution < -0.4 is 0 Å². The molecule has 0 bridgehead atoms. The molecule has 1 heteroatoms. The number of Topliss-reactive ketones (excluding diaryl/α,β-unsaturated/α-hetero) is 1. The molecule has 0 aromatic carbocycles. The van der Waals surface area contributed by atoms with Crippen LogP contribution in [0.2, 0.25) is 0 Å². The van der Waals surface area contributed by atoms with Crippen LogP contribution in [0.4, 0.5) is 0 Å². The van der Waals surface area contributed by atoms with E-state index in [9.17, 15) is 4.79 Å². The summed E-state index contributed by atoms with van der Waals surface area (Å²) in [5.74, 6) is 0.342. The molecular formula is C14H22O. The highest BCUT2D eigenvalue weighted by molar-refractivity contribution is 6.00. The summed E-state index contributed by atoms with van der Waals surface area (Å²) in [5, 5.41) is 0. The molecule has 1 atom stereocenters. The Morgan fingerprint density at radius 3 is 2.53 bits per heavy atom. The Bertz CT molecular complexity index is 329. The molecule has 0 aromatic rings. The quantitative estimate of drug-likeness (QED) is 0.623. The molecule has 1 nitrogen and oxygen atoms in total. The van der Waals surface area contributed by atoms with Gasteiger partial charge in [0.2, 0.25) is 0 Å². The van der Waals surface area contributed by atoms with Crippen molar-refractivity contribution in [2.24, 2.45) is 5.41 Å². The van der Waals surface area contributed by atoms with Gasteiger partial charge >= 0.3 is 0 Å². The van der Waals surface area contributed by atoms with Gasteiger partial charge in [-0.2, -0.15) is 0 Å². The SMILES string of the molecule is CC1=CCC[C@](C)(CC(C)=C(C)C)C1=O. The van der Waals surface area contributed by atoms with Crippen molar-refractivity contribution in [2.75, 3.05) is 0 Å². The lowest BCUT2D eigenvalue weighted by Gasteiger charge is -2.32. The maximum Gasteiger partial charge on any atom is 0.164 e. The zero-order valence-corrected chi connectivity index (χ0v) is 10.6. The lowest BCUT2D eigenvalue weighted by molar-refractivity contribution is -0.124. The zero-order chi connectivity index (χ0) is 11.6. The number of hydrogen-bond acceptors (Lipinski definition) is 1. The average Bonchev–Trinajstić information content (AvgIpc) is 2.14. The molecule has 1 aliphatic rings. The van der Waals surface area contributed by atoms with Gasteiger partial charge in [0, 0.05) is 5.41 Å². The van der Waals surface area contributed by atoms with Gasteiger partial charge in [-0.1, -0.05) is 24.1 Å². The molecule has 15 heavy (non-hydrogen) atoms. The van der Waals surface area contributed by atoms with Crippen molar-refractivity contribution in [1.82, 2.24) is 0 Å². The van der Waals surface area contributed by atoms with E-state index in [0.29, 0.717) is 5.78 Å². The van der Waals surface area contributed by atoms with Gasteiger partial charge in [0.15, 0.2) is 5.78 Å². The number of carbonyl (C=O) groups is 1. The van der Waals surface area contributed by atoms with Crippen LogP contribution in [0.1, 0.15) is 53.9 Å². The van der Waals surface area contributed by atoms with E-state index in [2.05, 4.69) is 33.8 Å². The van der Waals surface area contributed by atoms with Gasteiger partial charge in [-0.3, -0.25) is 4.79 Å². The molecule has 0 fully saturated rings. The first-order valence-electron chi connectivity index (χ1n) is 5.71. The van der Waals surface area contributed by atoms with Crippen LogP contribution in [-0.2, 0) is 4.79 Å². The van der Waals surface area contributed by atoms with Gasteiger partial charge < -0.3 is 0 Å². The second kappa shape index (κ2) is 4.34. The van der Waals surface area contributed by atoms with Crippen LogP contribution >= 0.6 is 0 Å². The number of allylic oxidation sites excluding steroid dienone is 4. The average molecular weight is 206 g/mol. The van der Waals surface area contributed by atoms with E-state index in [4.69, 9.17) is 0 Å². The molecule has 0 spiro atoms. The first-order valence-corrected chi connectivity index (χ1v) is 5.71. The lowest BCUT2D eigenvalue weighted by Crippen LogP contribution is -2.31. The van der Waals surface area contributed by atoms with Gasteiger partial charge in [0.05, 0.1) is 0 Å². The molecule has 0 aromatic heterocycles. The van der Waals surface area contributed by atoms with Gasteiger partial charge in [0.25, 0.3) is 0 Å². The van der Waals surface area contributed by atoms with E-state index >= 15 is 0 Å². The van der Waals surface area contributed by atoms with E-state index in [1.54, 1.807) is 0 Å². The summed E-state index contributed by atoms with van der Waals surface area (Å²) >= 11 is 0. The fourth-order valence-electron chi connectivity index (χ4n) is 2.22. The van der Waals surface area contributed by atoms with Crippen molar-refractivity contribution >= 4 is 5.78 Å². The van der Waals surface area contributed by atoms with E-state index in [0.717, 1.165) is 24.8 Å². The smallest absolute Gasteiger partial charge is 0.164 e. The highest BCUT2D eigenvalue weighted by Gasteiger charge is 2.35. The number of hydrogen-bond donors (Lipinski definition) is 0. The topological polar surface area (TPSA) is 17.1 Å². The highest BCUT2D eigenvalue weighted by atomic mass is 16.1. The van der Waals surface area contributed by atoms with Crippen LogP contribution in [0.3, 0.4) is 0 Å². The third-order valence-corrected chi connectivity index (χ3v) is 3.56. The Hall–Kier alpha value is -0.850. The summed E-state index contributed by atoms with van der Waals surface area (Å²) in [4.78, 5) is 12.1. The van der Waals surface area contributed by atoms with Crippen molar-refractivity contribution < 1.29 is 4.79 Å². The second-order valence-corrected chi connectivity index (χ2v) is 5.27. The molecule has 0 heterocycles. The largest absolute Gasteiger partial charge is 0.294 e. The van der Waals surface area contributed by atoms with E-state index in [-0.39, 0.29) is 5.41 Å². The first kappa shape index (κ1) is 12.2. The van der Waals surface area contributed by atoms with Crippen LogP contribution in [-0.4, -0.2) is 5.78 Å². The maximum atomic E-state index is 12.1. The molecule has 1 aliphatic carbocycles. The second-order valence-electron chi connectivity index (χ2n) is 5.27. The van der Waals surface area contributed by atoms with E-state index in [1.165, 1.54) is 11.1 Å². The molecule has 0 N–H and O–H groups in total. The maximum absolute atomic E-state index is 12.1. The van der Waals surface area contributed by atoms with Gasteiger partial charge in [-0.05, 0) is 52.5 Å². The Morgan fingerprint density at radius 1 is 1.40 bits per heavy atom. The number of carbonyl (C=O) groups excluding carboxylic acids is 1. The van der Waals surface area contributed by atoms with Crippen LogP contribution in [0.15, 0.2) is 22.8 Å². The van der Waals surface area contributed by atoms with Gasteiger partial charge in [-0.25, -0.2) is 0 Å². The summed E-state index contributed by atoms with van der Waals surface area (Å²) in [6.07, 6.45) is 5.03. The standard InChI is InChI=1S/C14H22O/c1-10(2)12(4)9-14(5)8-6-7-11(3)13(14)15/h7H,6,8-9H2,1-5H3/t14-/m1/s1. The van der Waals surface area contributed by atoms with Crippen molar-refractivity contribution in [3.05, 3.63) is 22.8 Å². The molecular weight excluding hydrogens is 184 g/mol. The minimum absolute atomic E-state index is 0.153. The summed E-state index contributed by atoms with van der Waals surface area (Å²) in [5.41, 5.74) is 3.50. The van der Waals surface area contributed by atoms with Crippen LogP contribution in [0.5, 0.6) is 0 Å². The fraction of sp³-hybridized carbons (Fsp3) is 0.643.